The molecule has 0 spiro atoms. The Morgan fingerprint density at radius 2 is 0.513 bits per heavy atom. The smallest absolute Gasteiger partial charge is 0.306 e. The fourth-order valence-corrected chi connectivity index (χ4v) is 10.1. The van der Waals surface area contributed by atoms with E-state index in [9.17, 15) is 14.4 Å². The first-order chi connectivity index (χ1) is 37.5. The second-order valence-electron chi connectivity index (χ2n) is 22.7. The Labute approximate surface area is 473 Å². The van der Waals surface area contributed by atoms with Crippen molar-refractivity contribution in [2.75, 3.05) is 13.2 Å². The normalized spacial score (nSPS) is 12.3. The lowest BCUT2D eigenvalue weighted by molar-refractivity contribution is -0.167. The van der Waals surface area contributed by atoms with Crippen molar-refractivity contribution in [1.29, 1.82) is 0 Å². The molecule has 0 bridgehead atoms. The third-order valence-electron chi connectivity index (χ3n) is 15.1. The van der Waals surface area contributed by atoms with Gasteiger partial charge in [-0.2, -0.15) is 0 Å². The number of hydrogen-bond donors (Lipinski definition) is 0. The van der Waals surface area contributed by atoms with Crippen molar-refractivity contribution >= 4 is 17.9 Å². The van der Waals surface area contributed by atoms with Gasteiger partial charge in [-0.05, 0) is 57.8 Å². The van der Waals surface area contributed by atoms with Gasteiger partial charge in [0, 0.05) is 19.3 Å². The van der Waals surface area contributed by atoms with Gasteiger partial charge in [-0.25, -0.2) is 0 Å². The van der Waals surface area contributed by atoms with Gasteiger partial charge in [-0.3, -0.25) is 14.4 Å². The molecule has 0 fully saturated rings. The van der Waals surface area contributed by atoms with Crippen molar-refractivity contribution in [1.82, 2.24) is 0 Å². The zero-order valence-electron chi connectivity index (χ0n) is 51.0. The first-order valence-electron chi connectivity index (χ1n) is 33.6. The van der Waals surface area contributed by atoms with Crippen LogP contribution in [0, 0.1) is 0 Å². The monoisotopic (exact) mass is 1060 g/mol. The summed E-state index contributed by atoms with van der Waals surface area (Å²) in [5.41, 5.74) is 0. The number of carbonyl (C=O) groups excluding carboxylic acids is 3. The minimum Gasteiger partial charge on any atom is -0.462 e. The van der Waals surface area contributed by atoms with Crippen molar-refractivity contribution in [3.63, 3.8) is 0 Å². The predicted molar refractivity (Wildman–Crippen MR) is 330 cm³/mol. The molecule has 444 valence electrons. The molecule has 0 aromatic rings. The Morgan fingerprint density at radius 3 is 0.803 bits per heavy atom. The second kappa shape index (κ2) is 64.9. The lowest BCUT2D eigenvalue weighted by Crippen LogP contribution is -2.30. The maximum atomic E-state index is 12.9. The van der Waals surface area contributed by atoms with E-state index in [-0.39, 0.29) is 31.1 Å². The molecule has 0 rings (SSSR count). The molecule has 1 atom stereocenters. The Kier molecular flexibility index (Phi) is 62.6. The van der Waals surface area contributed by atoms with Crippen LogP contribution >= 0.6 is 0 Å². The molecule has 0 aliphatic heterocycles. The number of carbonyl (C=O) groups is 3. The minimum absolute atomic E-state index is 0.0696. The Balaban J connectivity index is 4.14. The van der Waals surface area contributed by atoms with Crippen LogP contribution in [-0.2, 0) is 28.6 Å². The van der Waals surface area contributed by atoms with Gasteiger partial charge in [0.2, 0.25) is 0 Å². The van der Waals surface area contributed by atoms with Crippen LogP contribution in [0.2, 0.25) is 0 Å². The summed E-state index contributed by atoms with van der Waals surface area (Å²) < 4.78 is 16.9. The molecule has 6 nitrogen and oxygen atoms in total. The van der Waals surface area contributed by atoms with Crippen LogP contribution in [0.4, 0.5) is 0 Å². The van der Waals surface area contributed by atoms with E-state index in [0.29, 0.717) is 19.3 Å². The summed E-state index contributed by atoms with van der Waals surface area (Å²) >= 11 is 0. The lowest BCUT2D eigenvalue weighted by atomic mass is 10.0. The number of allylic oxidation sites excluding steroid dienone is 8. The molecule has 76 heavy (non-hydrogen) atoms. The number of hydrogen-bond acceptors (Lipinski definition) is 6. The molecule has 0 aliphatic carbocycles. The highest BCUT2D eigenvalue weighted by atomic mass is 16.6. The van der Waals surface area contributed by atoms with Crippen LogP contribution in [0.5, 0.6) is 0 Å². The molecule has 0 aromatic carbocycles. The Hall–Kier alpha value is -2.63. The van der Waals surface area contributed by atoms with Gasteiger partial charge < -0.3 is 14.2 Å². The topological polar surface area (TPSA) is 78.9 Å². The van der Waals surface area contributed by atoms with E-state index in [0.717, 1.165) is 83.5 Å². The molecule has 0 radical (unpaired) electrons. The predicted octanol–water partition coefficient (Wildman–Crippen LogP) is 22.9. The molecular formula is C70H128O6. The highest BCUT2D eigenvalue weighted by molar-refractivity contribution is 5.71. The number of rotatable bonds is 62. The average molecular weight is 1070 g/mol. The van der Waals surface area contributed by atoms with Crippen molar-refractivity contribution in [2.45, 2.75) is 367 Å². The number of ether oxygens (including phenoxy) is 3. The fourth-order valence-electron chi connectivity index (χ4n) is 10.1. The van der Waals surface area contributed by atoms with Gasteiger partial charge in [0.05, 0.1) is 0 Å². The lowest BCUT2D eigenvalue weighted by Gasteiger charge is -2.18. The first-order valence-corrected chi connectivity index (χ1v) is 33.6. The SMILES string of the molecule is CC/C=C\C/C=C\C/C=C\C/C=C\CCCCCCCCCCCCC(=O)OC(COC(=O)CCCCCCCCCCC)COC(=O)CCCCCCCCCCCCCCCCCCCCCCCCCCCC. The van der Waals surface area contributed by atoms with Crippen molar-refractivity contribution in [3.8, 4) is 0 Å². The second-order valence-corrected chi connectivity index (χ2v) is 22.7. The summed E-state index contributed by atoms with van der Waals surface area (Å²) in [6.07, 6.45) is 81.5. The van der Waals surface area contributed by atoms with E-state index in [2.05, 4.69) is 69.4 Å². The van der Waals surface area contributed by atoms with Gasteiger partial charge in [-0.15, -0.1) is 0 Å². The summed E-state index contributed by atoms with van der Waals surface area (Å²) in [4.78, 5) is 38.2. The molecule has 0 aliphatic rings. The van der Waals surface area contributed by atoms with E-state index >= 15 is 0 Å². The van der Waals surface area contributed by atoms with Crippen LogP contribution in [0.3, 0.4) is 0 Å². The molecule has 0 saturated carbocycles. The largest absolute Gasteiger partial charge is 0.462 e. The highest BCUT2D eigenvalue weighted by Gasteiger charge is 2.19. The average Bonchev–Trinajstić information content (AvgIpc) is 3.42. The molecule has 0 N–H and O–H groups in total. The standard InChI is InChI=1S/C70H128O6/c1-4-7-10-13-16-19-21-23-25-27-29-31-33-34-35-37-38-40-42-44-46-48-51-54-57-60-63-69(72)75-66-67(65-74-68(71)62-59-56-53-50-18-15-12-9-6-3)76-70(73)64-61-58-55-52-49-47-45-43-41-39-36-32-30-28-26-24-22-20-17-14-11-8-5-2/h8,11,17,20,24,26,30,32,67H,4-7,9-10,12-16,18-19,21-23,25,27-29,31,33-66H2,1-3H3/b11-8-,20-17-,26-24-,32-30-. The van der Waals surface area contributed by atoms with Crippen LogP contribution in [0.25, 0.3) is 0 Å². The highest BCUT2D eigenvalue weighted by Crippen LogP contribution is 2.18. The van der Waals surface area contributed by atoms with Crippen molar-refractivity contribution < 1.29 is 28.6 Å². The van der Waals surface area contributed by atoms with E-state index in [1.165, 1.54) is 238 Å². The summed E-state index contributed by atoms with van der Waals surface area (Å²) in [7, 11) is 0. The molecule has 0 saturated heterocycles. The third kappa shape index (κ3) is 62.2. The molecule has 0 heterocycles. The van der Waals surface area contributed by atoms with Gasteiger partial charge in [0.15, 0.2) is 6.10 Å². The number of unbranched alkanes of at least 4 members (excludes halogenated alkanes) is 43. The maximum absolute atomic E-state index is 12.9. The molecule has 0 amide bonds. The first kappa shape index (κ1) is 73.4. The summed E-state index contributed by atoms with van der Waals surface area (Å²) in [6.45, 7) is 6.57. The Morgan fingerprint density at radius 1 is 0.276 bits per heavy atom. The van der Waals surface area contributed by atoms with Gasteiger partial charge in [-0.1, -0.05) is 333 Å². The van der Waals surface area contributed by atoms with Gasteiger partial charge in [0.1, 0.15) is 13.2 Å². The summed E-state index contributed by atoms with van der Waals surface area (Å²) in [6, 6.07) is 0. The zero-order valence-corrected chi connectivity index (χ0v) is 51.0. The van der Waals surface area contributed by atoms with Crippen LogP contribution in [0.1, 0.15) is 361 Å². The molecule has 6 heteroatoms. The van der Waals surface area contributed by atoms with Crippen LogP contribution in [0.15, 0.2) is 48.6 Å². The quantitative estimate of drug-likeness (QED) is 0.0261. The summed E-state index contributed by atoms with van der Waals surface area (Å²) in [5, 5.41) is 0. The maximum Gasteiger partial charge on any atom is 0.306 e. The zero-order chi connectivity index (χ0) is 55.0. The van der Waals surface area contributed by atoms with E-state index in [1.807, 2.05) is 0 Å². The van der Waals surface area contributed by atoms with Crippen LogP contribution < -0.4 is 0 Å². The van der Waals surface area contributed by atoms with Crippen molar-refractivity contribution in [2.24, 2.45) is 0 Å². The van der Waals surface area contributed by atoms with Gasteiger partial charge >= 0.3 is 17.9 Å². The Bertz CT molecular complexity index is 1310. The fraction of sp³-hybridized carbons (Fsp3) is 0.843. The third-order valence-corrected chi connectivity index (χ3v) is 15.1. The van der Waals surface area contributed by atoms with E-state index in [1.54, 1.807) is 0 Å². The molecule has 0 aromatic heterocycles. The minimum atomic E-state index is -0.772. The molecule has 1 unspecified atom stereocenters. The molecular weight excluding hydrogens is 937 g/mol. The van der Waals surface area contributed by atoms with E-state index < -0.39 is 6.10 Å². The van der Waals surface area contributed by atoms with Crippen LogP contribution in [-0.4, -0.2) is 37.2 Å². The van der Waals surface area contributed by atoms with Gasteiger partial charge in [0.25, 0.3) is 0 Å². The number of esters is 3. The summed E-state index contributed by atoms with van der Waals surface area (Å²) in [5.74, 6) is -0.854. The van der Waals surface area contributed by atoms with Crippen molar-refractivity contribution in [3.05, 3.63) is 48.6 Å². The van der Waals surface area contributed by atoms with E-state index in [4.69, 9.17) is 14.2 Å².